The van der Waals surface area contributed by atoms with Crippen LogP contribution in [0.5, 0.6) is 0 Å². The number of rotatable bonds is 1. The highest BCUT2D eigenvalue weighted by Gasteiger charge is 2.18. The number of aliphatic imine (C=N–C) groups is 1. The number of nitrogens with one attached hydrogen (secondary N) is 2. The highest BCUT2D eigenvalue weighted by molar-refractivity contribution is 6.63. The number of hydrogen-bond donors (Lipinski definition) is 2. The summed E-state index contributed by atoms with van der Waals surface area (Å²) in [5.74, 6) is 0.942. The average Bonchev–Trinajstić information content (AvgIpc) is 2.15. The van der Waals surface area contributed by atoms with Gasteiger partial charge < -0.3 is 0 Å². The molecule has 14 heavy (non-hydrogen) atoms. The van der Waals surface area contributed by atoms with Crippen molar-refractivity contribution in [2.24, 2.45) is 4.99 Å². The molecule has 1 aliphatic heterocycles. The molecule has 0 radical (unpaired) electrons. The summed E-state index contributed by atoms with van der Waals surface area (Å²) in [5.41, 5.74) is 5.32. The number of amidine groups is 1. The molecule has 0 saturated heterocycles. The number of halogens is 2. The highest BCUT2D eigenvalue weighted by atomic mass is 35.5. The van der Waals surface area contributed by atoms with Gasteiger partial charge in [0.05, 0.1) is 0 Å². The van der Waals surface area contributed by atoms with Crippen LogP contribution in [0.1, 0.15) is 0 Å². The quantitative estimate of drug-likeness (QED) is 0.399. The molecular formula is C6H9Cl2N5O. The van der Waals surface area contributed by atoms with Crippen LogP contribution in [0, 0.1) is 0 Å². The second-order valence-corrected chi connectivity index (χ2v) is 3.12. The zero-order valence-electron chi connectivity index (χ0n) is 7.58. The van der Waals surface area contributed by atoms with Crippen molar-refractivity contribution in [1.29, 1.82) is 0 Å². The van der Waals surface area contributed by atoms with Crippen LogP contribution in [0.15, 0.2) is 16.9 Å². The number of amides is 1. The minimum Gasteiger partial charge on any atom is -0.287 e. The molecule has 0 atom stereocenters. The predicted octanol–water partition coefficient (Wildman–Crippen LogP) is 0.625. The lowest BCUT2D eigenvalue weighted by molar-refractivity contribution is 0.226. The topological polar surface area (TPSA) is 60.0 Å². The van der Waals surface area contributed by atoms with Gasteiger partial charge in [-0.05, 0) is 16.2 Å². The molecule has 8 heteroatoms. The summed E-state index contributed by atoms with van der Waals surface area (Å²) < 4.78 is 1.05. The molecule has 0 bridgehead atoms. The van der Waals surface area contributed by atoms with Crippen LogP contribution in [-0.4, -0.2) is 34.8 Å². The Bertz CT molecular complexity index is 303. The lowest BCUT2D eigenvalue weighted by Crippen LogP contribution is -2.51. The molecule has 0 aromatic rings. The minimum atomic E-state index is -0.619. The van der Waals surface area contributed by atoms with Gasteiger partial charge in [-0.1, -0.05) is 0 Å². The van der Waals surface area contributed by atoms with Gasteiger partial charge in [0.15, 0.2) is 0 Å². The second kappa shape index (κ2) is 4.50. The van der Waals surface area contributed by atoms with E-state index in [1.165, 1.54) is 11.9 Å². The van der Waals surface area contributed by atoms with Crippen molar-refractivity contribution in [3.8, 4) is 0 Å². The van der Waals surface area contributed by atoms with Gasteiger partial charge in [0.25, 0.3) is 0 Å². The third-order valence-electron chi connectivity index (χ3n) is 1.56. The molecule has 1 heterocycles. The smallest absolute Gasteiger partial charge is 0.287 e. The van der Waals surface area contributed by atoms with Crippen molar-refractivity contribution < 1.29 is 4.79 Å². The van der Waals surface area contributed by atoms with Gasteiger partial charge in [0.1, 0.15) is 11.7 Å². The largest absolute Gasteiger partial charge is 0.321 e. The number of carbonyl (C=O) groups excluding carboxylic acids is 1. The number of hydrazine groups is 2. The molecule has 0 aromatic carbocycles. The van der Waals surface area contributed by atoms with E-state index >= 15 is 0 Å². The van der Waals surface area contributed by atoms with Crippen molar-refractivity contribution in [1.82, 2.24) is 20.4 Å². The van der Waals surface area contributed by atoms with E-state index in [4.69, 9.17) is 23.4 Å². The number of hydrogen-bond acceptors (Lipinski definition) is 4. The van der Waals surface area contributed by atoms with Gasteiger partial charge in [-0.2, -0.15) is 0 Å². The Morgan fingerprint density at radius 1 is 1.64 bits per heavy atom. The Kier molecular flexibility index (Phi) is 3.56. The number of nitrogens with zero attached hydrogens (tertiary/aromatic N) is 3. The summed E-state index contributed by atoms with van der Waals surface area (Å²) in [6, 6.07) is 0. The summed E-state index contributed by atoms with van der Waals surface area (Å²) in [4.78, 5) is 15.9. The molecule has 0 saturated carbocycles. The molecule has 1 aliphatic rings. The maximum Gasteiger partial charge on any atom is 0.321 e. The molecule has 78 valence electrons. The molecule has 0 unspecified atom stereocenters. The molecule has 0 aliphatic carbocycles. The van der Waals surface area contributed by atoms with Crippen molar-refractivity contribution in [2.45, 2.75) is 0 Å². The molecule has 1 rings (SSSR count). The van der Waals surface area contributed by atoms with E-state index in [2.05, 4.69) is 15.8 Å². The van der Waals surface area contributed by atoms with Crippen LogP contribution in [-0.2, 0) is 0 Å². The summed E-state index contributed by atoms with van der Waals surface area (Å²) in [5, 5.41) is -0.619. The van der Waals surface area contributed by atoms with Gasteiger partial charge in [-0.15, -0.1) is 0 Å². The number of carbonyl (C=O) groups is 1. The van der Waals surface area contributed by atoms with E-state index in [-0.39, 0.29) is 0 Å². The first kappa shape index (κ1) is 11.1. The fourth-order valence-corrected chi connectivity index (χ4v) is 1.07. The lowest BCUT2D eigenvalue weighted by Gasteiger charge is -2.28. The first-order valence-corrected chi connectivity index (χ1v) is 4.37. The second-order valence-electron chi connectivity index (χ2n) is 2.45. The van der Waals surface area contributed by atoms with E-state index < -0.39 is 5.37 Å². The molecule has 0 fully saturated rings. The van der Waals surface area contributed by atoms with Gasteiger partial charge in [0.2, 0.25) is 0 Å². The first-order valence-electron chi connectivity index (χ1n) is 3.65. The molecule has 1 amide bonds. The minimum absolute atomic E-state index is 0.430. The van der Waals surface area contributed by atoms with Crippen LogP contribution in [0.3, 0.4) is 0 Å². The van der Waals surface area contributed by atoms with Crippen LogP contribution >= 0.6 is 23.4 Å². The van der Waals surface area contributed by atoms with E-state index in [0.29, 0.717) is 11.7 Å². The third-order valence-corrected chi connectivity index (χ3v) is 1.99. The zero-order valence-corrected chi connectivity index (χ0v) is 9.10. The van der Waals surface area contributed by atoms with Crippen molar-refractivity contribution >= 4 is 34.6 Å². The van der Waals surface area contributed by atoms with Crippen LogP contribution in [0.2, 0.25) is 0 Å². The van der Waals surface area contributed by atoms with Crippen LogP contribution in [0.4, 0.5) is 4.79 Å². The lowest BCUT2D eigenvalue weighted by atomic mass is 10.4. The molecular weight excluding hydrogens is 229 g/mol. The average molecular weight is 238 g/mol. The van der Waals surface area contributed by atoms with E-state index in [0.717, 1.165) is 4.64 Å². The van der Waals surface area contributed by atoms with Gasteiger partial charge in [-0.3, -0.25) is 25.5 Å². The van der Waals surface area contributed by atoms with E-state index in [9.17, 15) is 4.79 Å². The monoisotopic (exact) mass is 237 g/mol. The predicted molar refractivity (Wildman–Crippen MR) is 54.4 cm³/mol. The summed E-state index contributed by atoms with van der Waals surface area (Å²) in [7, 11) is 3.10. The highest BCUT2D eigenvalue weighted by Crippen LogP contribution is 2.07. The SMILES string of the molecule is CN=C1C=C(N(C)C(=O)Cl)NN(Cl)N1. The standard InChI is InChI=1S/C6H9Cl2N5O/c1-9-4-3-5(11-13(8)10-4)12(2)6(7)14/h3,11H,1-2H3,(H,9,10). The maximum atomic E-state index is 10.8. The maximum absolute atomic E-state index is 10.8. The Hall–Kier alpha value is -0.980. The van der Waals surface area contributed by atoms with Gasteiger partial charge >= 0.3 is 5.37 Å². The molecule has 0 aromatic heterocycles. The molecule has 2 N–H and O–H groups in total. The summed E-state index contributed by atoms with van der Waals surface area (Å²) in [6.07, 6.45) is 1.60. The Balaban J connectivity index is 2.87. The van der Waals surface area contributed by atoms with Crippen molar-refractivity contribution in [2.75, 3.05) is 14.1 Å². The normalized spacial score (nSPS) is 19.7. The molecule has 0 spiro atoms. The third kappa shape index (κ3) is 2.50. The van der Waals surface area contributed by atoms with E-state index in [1.54, 1.807) is 13.1 Å². The van der Waals surface area contributed by atoms with Crippen LogP contribution in [0.25, 0.3) is 0 Å². The summed E-state index contributed by atoms with van der Waals surface area (Å²) in [6.45, 7) is 0. The van der Waals surface area contributed by atoms with Gasteiger partial charge in [0, 0.05) is 31.9 Å². The van der Waals surface area contributed by atoms with Gasteiger partial charge in [-0.25, -0.2) is 0 Å². The summed E-state index contributed by atoms with van der Waals surface area (Å²) >= 11 is 10.9. The van der Waals surface area contributed by atoms with E-state index in [1.807, 2.05) is 0 Å². The zero-order chi connectivity index (χ0) is 10.7. The fourth-order valence-electron chi connectivity index (χ4n) is 0.804. The molecule has 6 nitrogen and oxygen atoms in total. The van der Waals surface area contributed by atoms with Crippen molar-refractivity contribution in [3.05, 3.63) is 11.9 Å². The first-order chi connectivity index (χ1) is 6.54. The van der Waals surface area contributed by atoms with Crippen LogP contribution < -0.4 is 10.9 Å². The Morgan fingerprint density at radius 3 is 2.79 bits per heavy atom. The van der Waals surface area contributed by atoms with Crippen molar-refractivity contribution in [3.63, 3.8) is 0 Å². The Labute approximate surface area is 91.2 Å². The fraction of sp³-hybridized carbons (Fsp3) is 0.333. The Morgan fingerprint density at radius 2 is 2.29 bits per heavy atom.